The van der Waals surface area contributed by atoms with Crippen molar-refractivity contribution in [1.29, 1.82) is 5.26 Å². The minimum Gasteiger partial charge on any atom is -0.490 e. The van der Waals surface area contributed by atoms with Crippen LogP contribution < -0.4 is 15.4 Å². The van der Waals surface area contributed by atoms with Crippen LogP contribution in [0.4, 0.5) is 4.79 Å². The number of urea groups is 1. The van der Waals surface area contributed by atoms with Gasteiger partial charge in [-0.25, -0.2) is 4.79 Å². The maximum absolute atomic E-state index is 13.1. The Labute approximate surface area is 230 Å². The number of benzene rings is 2. The van der Waals surface area contributed by atoms with Crippen molar-refractivity contribution in [2.75, 3.05) is 27.2 Å². The molecule has 2 heterocycles. The summed E-state index contributed by atoms with van der Waals surface area (Å²) in [5.74, 6) is 0.624. The van der Waals surface area contributed by atoms with Crippen LogP contribution in [-0.4, -0.2) is 55.2 Å². The normalized spacial score (nSPS) is 21.2. The maximum Gasteiger partial charge on any atom is 0.317 e. The van der Waals surface area contributed by atoms with Crippen LogP contribution in [0, 0.1) is 11.3 Å². The molecular formula is C30H37N5O2S. The second-order valence-electron chi connectivity index (χ2n) is 10.8. The van der Waals surface area contributed by atoms with E-state index in [2.05, 4.69) is 60.1 Å². The number of rotatable bonds is 6. The summed E-state index contributed by atoms with van der Waals surface area (Å²) in [7, 11) is 4.23. The average molecular weight is 532 g/mol. The van der Waals surface area contributed by atoms with Crippen molar-refractivity contribution >= 4 is 22.7 Å². The predicted molar refractivity (Wildman–Crippen MR) is 153 cm³/mol. The summed E-state index contributed by atoms with van der Waals surface area (Å²) in [4.78, 5) is 18.5. The number of fused-ring (bicyclic) bond motifs is 1. The molecule has 2 atom stereocenters. The third kappa shape index (κ3) is 5.50. The summed E-state index contributed by atoms with van der Waals surface area (Å²) in [5, 5.41) is 16.5. The Morgan fingerprint density at radius 3 is 2.71 bits per heavy atom. The Balaban J connectivity index is 1.25. The molecule has 1 aliphatic carbocycles. The number of likely N-dealkylation sites (tertiary alicyclic amines) is 1. The molecular weight excluding hydrogens is 494 g/mol. The Bertz CT molecular complexity index is 1260. The lowest BCUT2D eigenvalue weighted by Gasteiger charge is -2.35. The second-order valence-corrected chi connectivity index (χ2v) is 12.0. The predicted octanol–water partition coefficient (Wildman–Crippen LogP) is 5.40. The van der Waals surface area contributed by atoms with Gasteiger partial charge in [0.25, 0.3) is 0 Å². The first-order valence-corrected chi connectivity index (χ1v) is 14.4. The number of carbonyl (C=O) groups is 1. The summed E-state index contributed by atoms with van der Waals surface area (Å²) in [5.41, 5.74) is 5.38. The number of thioether (sulfide) groups is 1. The van der Waals surface area contributed by atoms with E-state index in [0.29, 0.717) is 17.4 Å². The Kier molecular flexibility index (Phi) is 7.87. The van der Waals surface area contributed by atoms with Gasteiger partial charge in [0.15, 0.2) is 0 Å². The van der Waals surface area contributed by atoms with Gasteiger partial charge in [0.05, 0.1) is 17.7 Å². The van der Waals surface area contributed by atoms with Gasteiger partial charge in [0, 0.05) is 30.2 Å². The molecule has 0 aromatic heterocycles. The number of nitriles is 1. The third-order valence-corrected chi connectivity index (χ3v) is 8.95. The highest BCUT2D eigenvalue weighted by molar-refractivity contribution is 8.08. The molecule has 0 saturated carbocycles. The zero-order valence-electron chi connectivity index (χ0n) is 22.7. The van der Waals surface area contributed by atoms with Crippen LogP contribution in [-0.2, 0) is 6.42 Å². The van der Waals surface area contributed by atoms with E-state index >= 15 is 0 Å². The van der Waals surface area contributed by atoms with Gasteiger partial charge in [-0.05, 0) is 88.0 Å². The lowest BCUT2D eigenvalue weighted by atomic mass is 10.0. The van der Waals surface area contributed by atoms with E-state index in [0.717, 1.165) is 44.3 Å². The number of carbonyl (C=O) groups excluding carboxylic acids is 1. The smallest absolute Gasteiger partial charge is 0.317 e. The van der Waals surface area contributed by atoms with Crippen LogP contribution in [0.25, 0.3) is 4.91 Å². The van der Waals surface area contributed by atoms with Gasteiger partial charge in [-0.2, -0.15) is 5.26 Å². The van der Waals surface area contributed by atoms with Crippen molar-refractivity contribution in [1.82, 2.24) is 20.4 Å². The van der Waals surface area contributed by atoms with E-state index < -0.39 is 0 Å². The molecule has 0 spiro atoms. The summed E-state index contributed by atoms with van der Waals surface area (Å²) in [6, 6.07) is 15.2. The number of hydrogen-bond acceptors (Lipinski definition) is 6. The maximum atomic E-state index is 13.1. The van der Waals surface area contributed by atoms with Crippen LogP contribution in [0.5, 0.6) is 5.75 Å². The highest BCUT2D eigenvalue weighted by Crippen LogP contribution is 2.46. The minimum absolute atomic E-state index is 0.0178. The van der Waals surface area contributed by atoms with Crippen molar-refractivity contribution in [2.45, 2.75) is 63.1 Å². The van der Waals surface area contributed by atoms with Crippen LogP contribution in [0.1, 0.15) is 72.3 Å². The molecule has 1 fully saturated rings. The molecule has 0 radical (unpaired) electrons. The molecule has 1 unspecified atom stereocenters. The zero-order valence-corrected chi connectivity index (χ0v) is 23.5. The summed E-state index contributed by atoms with van der Waals surface area (Å²) < 4.78 is 5.79. The van der Waals surface area contributed by atoms with Gasteiger partial charge in [-0.15, -0.1) is 0 Å². The minimum atomic E-state index is 0.0178. The van der Waals surface area contributed by atoms with Crippen molar-refractivity contribution in [3.8, 4) is 11.8 Å². The first-order chi connectivity index (χ1) is 18.3. The molecule has 8 heteroatoms. The zero-order chi connectivity index (χ0) is 26.8. The summed E-state index contributed by atoms with van der Waals surface area (Å²) in [6.07, 6.45) is 6.01. The van der Waals surface area contributed by atoms with E-state index in [9.17, 15) is 10.1 Å². The van der Waals surface area contributed by atoms with E-state index in [1.165, 1.54) is 21.6 Å². The third-order valence-electron chi connectivity index (χ3n) is 7.72. The SMILES string of the molecule is CC(C)Oc1ccc(C2NC=C(c3cccc4c3CC[C@@H]4NC(=O)N3CCC(N(C)C)CC3)S2)cc1C#N. The van der Waals surface area contributed by atoms with E-state index in [1.54, 1.807) is 11.8 Å². The Morgan fingerprint density at radius 2 is 2.00 bits per heavy atom. The fraction of sp³-hybridized carbons (Fsp3) is 0.467. The van der Waals surface area contributed by atoms with Gasteiger partial charge < -0.3 is 25.2 Å². The van der Waals surface area contributed by atoms with Gasteiger partial charge in [-0.3, -0.25) is 0 Å². The molecule has 1 saturated heterocycles. The molecule has 2 N–H and O–H groups in total. The lowest BCUT2D eigenvalue weighted by Crippen LogP contribution is -2.48. The van der Waals surface area contributed by atoms with Crippen molar-refractivity contribution in [3.63, 3.8) is 0 Å². The highest BCUT2D eigenvalue weighted by Gasteiger charge is 2.31. The number of piperidine rings is 1. The molecule has 200 valence electrons. The number of hydrogen-bond donors (Lipinski definition) is 2. The number of amides is 2. The first kappa shape index (κ1) is 26.5. The average Bonchev–Trinajstić information content (AvgIpc) is 3.56. The van der Waals surface area contributed by atoms with Gasteiger partial charge in [0.2, 0.25) is 0 Å². The largest absolute Gasteiger partial charge is 0.490 e. The number of nitrogens with one attached hydrogen (secondary N) is 2. The molecule has 2 aliphatic heterocycles. The highest BCUT2D eigenvalue weighted by atomic mass is 32.2. The number of ether oxygens (including phenoxy) is 1. The van der Waals surface area contributed by atoms with Crippen molar-refractivity contribution in [2.24, 2.45) is 0 Å². The standard InChI is InChI=1S/C30H37N5O2S/c1-19(2)37-27-11-8-20(16-21(27)17-31)29-32-18-28(38-29)25-7-5-6-24-23(25)9-10-26(24)33-30(36)35-14-12-22(13-15-35)34(3)4/h5-8,11,16,18-19,22,26,29,32H,9-10,12-15H2,1-4H3,(H,33,36)/t26-,29?/m0/s1. The van der Waals surface area contributed by atoms with E-state index in [1.807, 2.05) is 36.9 Å². The topological polar surface area (TPSA) is 80.6 Å². The molecule has 38 heavy (non-hydrogen) atoms. The van der Waals surface area contributed by atoms with Crippen molar-refractivity contribution in [3.05, 3.63) is 70.4 Å². The molecule has 7 nitrogen and oxygen atoms in total. The molecule has 0 bridgehead atoms. The Morgan fingerprint density at radius 1 is 1.21 bits per heavy atom. The summed E-state index contributed by atoms with van der Waals surface area (Å²) >= 11 is 1.76. The molecule has 5 rings (SSSR count). The second kappa shape index (κ2) is 11.3. The first-order valence-electron chi connectivity index (χ1n) is 13.5. The molecule has 2 aromatic rings. The monoisotopic (exact) mass is 531 g/mol. The number of nitrogens with zero attached hydrogens (tertiary/aromatic N) is 3. The van der Waals surface area contributed by atoms with Gasteiger partial charge in [-0.1, -0.05) is 36.0 Å². The quantitative estimate of drug-likeness (QED) is 0.519. The van der Waals surface area contributed by atoms with Crippen LogP contribution >= 0.6 is 11.8 Å². The molecule has 3 aliphatic rings. The van der Waals surface area contributed by atoms with Crippen molar-refractivity contribution < 1.29 is 9.53 Å². The fourth-order valence-electron chi connectivity index (χ4n) is 5.67. The Hall–Kier alpha value is -3.15. The molecule has 2 aromatic carbocycles. The fourth-order valence-corrected chi connectivity index (χ4v) is 6.79. The van der Waals surface area contributed by atoms with Gasteiger partial charge >= 0.3 is 6.03 Å². The van der Waals surface area contributed by atoms with Crippen LogP contribution in [0.15, 0.2) is 42.6 Å². The summed E-state index contributed by atoms with van der Waals surface area (Å²) in [6.45, 7) is 5.54. The van der Waals surface area contributed by atoms with Crippen LogP contribution in [0.2, 0.25) is 0 Å². The molecule has 2 amide bonds. The lowest BCUT2D eigenvalue weighted by molar-refractivity contribution is 0.146. The van der Waals surface area contributed by atoms with Gasteiger partial charge in [0.1, 0.15) is 17.2 Å². The van der Waals surface area contributed by atoms with Crippen LogP contribution in [0.3, 0.4) is 0 Å². The van der Waals surface area contributed by atoms with E-state index in [4.69, 9.17) is 4.74 Å². The van der Waals surface area contributed by atoms with E-state index in [-0.39, 0.29) is 23.6 Å².